The molecule has 0 radical (unpaired) electrons. The zero-order valence-electron chi connectivity index (χ0n) is 14.9. The predicted octanol–water partition coefficient (Wildman–Crippen LogP) is 2.11. The van der Waals surface area contributed by atoms with E-state index in [1.165, 1.54) is 6.20 Å². The lowest BCUT2D eigenvalue weighted by Crippen LogP contribution is -2.32. The summed E-state index contributed by atoms with van der Waals surface area (Å²) in [5.41, 5.74) is 0.189. The molecule has 1 aliphatic heterocycles. The third-order valence-corrected chi connectivity index (χ3v) is 4.58. The van der Waals surface area contributed by atoms with Crippen molar-refractivity contribution in [2.24, 2.45) is 0 Å². The third kappa shape index (κ3) is 5.29. The Hall–Kier alpha value is -1.89. The molecule has 1 saturated heterocycles. The lowest BCUT2D eigenvalue weighted by atomic mass is 10.2. The molecule has 0 bridgehead atoms. The van der Waals surface area contributed by atoms with Crippen LogP contribution in [0.2, 0.25) is 5.02 Å². The summed E-state index contributed by atoms with van der Waals surface area (Å²) in [5.74, 6) is 0.322. The minimum atomic E-state index is -0.330. The van der Waals surface area contributed by atoms with Gasteiger partial charge >= 0.3 is 0 Å². The molecular weight excluding hydrogens is 342 g/mol. The fourth-order valence-electron chi connectivity index (χ4n) is 2.85. The number of hydrogen-bond donors (Lipinski definition) is 1. The van der Waals surface area contributed by atoms with Crippen LogP contribution >= 0.6 is 11.6 Å². The lowest BCUT2D eigenvalue weighted by Gasteiger charge is -2.18. The van der Waals surface area contributed by atoms with E-state index in [0.717, 1.165) is 25.9 Å². The van der Waals surface area contributed by atoms with Gasteiger partial charge in [-0.3, -0.25) is 9.59 Å². The number of hydrogen-bond acceptors (Lipinski definition) is 5. The first kappa shape index (κ1) is 19.4. The summed E-state index contributed by atoms with van der Waals surface area (Å²) in [6.07, 6.45) is 4.68. The Morgan fingerprint density at radius 3 is 2.60 bits per heavy atom. The van der Waals surface area contributed by atoms with Gasteiger partial charge in [0.2, 0.25) is 11.9 Å². The maximum Gasteiger partial charge on any atom is 0.271 e. The van der Waals surface area contributed by atoms with Gasteiger partial charge in [-0.1, -0.05) is 11.6 Å². The van der Waals surface area contributed by atoms with E-state index in [1.54, 1.807) is 4.90 Å². The van der Waals surface area contributed by atoms with Crippen LogP contribution in [-0.4, -0.2) is 59.4 Å². The molecule has 25 heavy (non-hydrogen) atoms. The first-order chi connectivity index (χ1) is 12.1. The number of nitrogens with one attached hydrogen (secondary N) is 1. The highest BCUT2D eigenvalue weighted by molar-refractivity contribution is 6.33. The minimum absolute atomic E-state index is 0.107. The summed E-state index contributed by atoms with van der Waals surface area (Å²) < 4.78 is 0. The average molecular weight is 368 g/mol. The second kappa shape index (κ2) is 9.56. The molecule has 0 atom stereocenters. The molecule has 1 fully saturated rings. The van der Waals surface area contributed by atoms with Crippen LogP contribution in [0.25, 0.3) is 0 Å². The number of carbonyl (C=O) groups is 2. The van der Waals surface area contributed by atoms with E-state index in [1.807, 2.05) is 13.8 Å². The van der Waals surface area contributed by atoms with Crippen molar-refractivity contribution in [3.05, 3.63) is 16.9 Å². The maximum absolute atomic E-state index is 12.3. The second-order valence-electron chi connectivity index (χ2n) is 5.99. The summed E-state index contributed by atoms with van der Waals surface area (Å²) in [5, 5.41) is 3.02. The van der Waals surface area contributed by atoms with Crippen molar-refractivity contribution in [1.29, 1.82) is 0 Å². The van der Waals surface area contributed by atoms with Crippen LogP contribution < -0.4 is 10.2 Å². The van der Waals surface area contributed by atoms with Gasteiger partial charge in [0.25, 0.3) is 5.91 Å². The molecule has 0 unspecified atom stereocenters. The fraction of sp³-hybridized carbons (Fsp3) is 0.647. The van der Waals surface area contributed by atoms with Crippen molar-refractivity contribution in [3.63, 3.8) is 0 Å². The van der Waals surface area contributed by atoms with Crippen LogP contribution in [0, 0.1) is 0 Å². The summed E-state index contributed by atoms with van der Waals surface area (Å²) in [7, 11) is 0. The number of anilines is 1. The number of nitrogens with zero attached hydrogens (tertiary/aromatic N) is 4. The topological polar surface area (TPSA) is 78.4 Å². The van der Waals surface area contributed by atoms with Crippen LogP contribution in [0.3, 0.4) is 0 Å². The molecule has 0 aliphatic carbocycles. The average Bonchev–Trinajstić information content (AvgIpc) is 3.14. The van der Waals surface area contributed by atoms with Crippen molar-refractivity contribution < 1.29 is 9.59 Å². The van der Waals surface area contributed by atoms with Crippen molar-refractivity contribution in [2.45, 2.75) is 39.5 Å². The quantitative estimate of drug-likeness (QED) is 0.712. The molecule has 2 amide bonds. The van der Waals surface area contributed by atoms with Crippen LogP contribution in [0.1, 0.15) is 50.0 Å². The monoisotopic (exact) mass is 367 g/mol. The Kier molecular flexibility index (Phi) is 7.43. The standard InChI is InChI=1S/C17H26ClN5O2/c1-3-22(4-2)14(24)8-7-9-19-16(25)15-13(18)12-20-17(21-15)23-10-5-6-11-23/h12H,3-11H2,1-2H3,(H,19,25). The summed E-state index contributed by atoms with van der Waals surface area (Å²) in [6.45, 7) is 7.53. The molecule has 8 heteroatoms. The third-order valence-electron chi connectivity index (χ3n) is 4.30. The second-order valence-corrected chi connectivity index (χ2v) is 6.39. The summed E-state index contributed by atoms with van der Waals surface area (Å²) in [4.78, 5) is 36.6. The molecule has 138 valence electrons. The molecule has 2 rings (SSSR count). The molecule has 1 N–H and O–H groups in total. The van der Waals surface area contributed by atoms with Gasteiger partial charge in [0, 0.05) is 39.1 Å². The molecular formula is C17H26ClN5O2. The molecule has 1 aromatic rings. The Morgan fingerprint density at radius 2 is 1.96 bits per heavy atom. The fourth-order valence-corrected chi connectivity index (χ4v) is 3.02. The van der Waals surface area contributed by atoms with E-state index < -0.39 is 0 Å². The number of rotatable bonds is 8. The number of carbonyl (C=O) groups excluding carboxylic acids is 2. The van der Waals surface area contributed by atoms with Gasteiger partial charge in [0.05, 0.1) is 11.2 Å². The van der Waals surface area contributed by atoms with Crippen molar-refractivity contribution in [3.8, 4) is 0 Å². The van der Waals surface area contributed by atoms with Crippen molar-refractivity contribution in [1.82, 2.24) is 20.2 Å². The molecule has 0 aromatic carbocycles. The van der Waals surface area contributed by atoms with Gasteiger partial charge in [-0.05, 0) is 33.1 Å². The Labute approximate surface area is 153 Å². The number of aromatic nitrogens is 2. The van der Waals surface area contributed by atoms with Gasteiger partial charge in [0.15, 0.2) is 5.69 Å². The van der Waals surface area contributed by atoms with Gasteiger partial charge in [-0.15, -0.1) is 0 Å². The van der Waals surface area contributed by atoms with Gasteiger partial charge in [0.1, 0.15) is 0 Å². The van der Waals surface area contributed by atoms with Crippen LogP contribution in [-0.2, 0) is 4.79 Å². The molecule has 0 spiro atoms. The van der Waals surface area contributed by atoms with Crippen molar-refractivity contribution in [2.75, 3.05) is 37.6 Å². The van der Waals surface area contributed by atoms with E-state index in [9.17, 15) is 9.59 Å². The first-order valence-corrected chi connectivity index (χ1v) is 9.28. The van der Waals surface area contributed by atoms with Crippen LogP contribution in [0.4, 0.5) is 5.95 Å². The van der Waals surface area contributed by atoms with Gasteiger partial charge < -0.3 is 15.1 Å². The molecule has 2 heterocycles. The maximum atomic E-state index is 12.3. The highest BCUT2D eigenvalue weighted by Gasteiger charge is 2.19. The van der Waals surface area contributed by atoms with E-state index in [0.29, 0.717) is 38.4 Å². The lowest BCUT2D eigenvalue weighted by molar-refractivity contribution is -0.130. The summed E-state index contributed by atoms with van der Waals surface area (Å²) in [6, 6.07) is 0. The zero-order chi connectivity index (χ0) is 18.2. The number of halogens is 1. The molecule has 1 aromatic heterocycles. The largest absolute Gasteiger partial charge is 0.351 e. The van der Waals surface area contributed by atoms with Crippen LogP contribution in [0.15, 0.2) is 6.20 Å². The SMILES string of the molecule is CCN(CC)C(=O)CCCNC(=O)c1nc(N2CCCC2)ncc1Cl. The first-order valence-electron chi connectivity index (χ1n) is 8.90. The van der Waals surface area contributed by atoms with E-state index >= 15 is 0 Å². The van der Waals surface area contributed by atoms with Crippen molar-refractivity contribution >= 4 is 29.4 Å². The van der Waals surface area contributed by atoms with E-state index in [-0.39, 0.29) is 22.5 Å². The smallest absolute Gasteiger partial charge is 0.271 e. The normalized spacial score (nSPS) is 13.8. The zero-order valence-corrected chi connectivity index (χ0v) is 15.7. The molecule has 0 saturated carbocycles. The highest BCUT2D eigenvalue weighted by Crippen LogP contribution is 2.19. The van der Waals surface area contributed by atoms with Gasteiger partial charge in [-0.2, -0.15) is 0 Å². The molecule has 1 aliphatic rings. The minimum Gasteiger partial charge on any atom is -0.351 e. The predicted molar refractivity (Wildman–Crippen MR) is 98.0 cm³/mol. The number of amides is 2. The Balaban J connectivity index is 1.86. The molecule has 7 nitrogen and oxygen atoms in total. The van der Waals surface area contributed by atoms with Gasteiger partial charge in [-0.25, -0.2) is 9.97 Å². The Morgan fingerprint density at radius 1 is 1.28 bits per heavy atom. The Bertz CT molecular complexity index is 601. The van der Waals surface area contributed by atoms with E-state index in [2.05, 4.69) is 20.2 Å². The van der Waals surface area contributed by atoms with Crippen LogP contribution in [0.5, 0.6) is 0 Å². The van der Waals surface area contributed by atoms with E-state index in [4.69, 9.17) is 11.6 Å². The highest BCUT2D eigenvalue weighted by atomic mass is 35.5. The summed E-state index contributed by atoms with van der Waals surface area (Å²) >= 11 is 6.08.